The number of guanidine groups is 1. The highest BCUT2D eigenvalue weighted by molar-refractivity contribution is 7.99. The number of nitrogen functional groups attached to an aromatic ring is 1. The maximum Gasteiger partial charge on any atom is 0.188 e. The molecule has 140 valence electrons. The van der Waals surface area contributed by atoms with Gasteiger partial charge >= 0.3 is 0 Å². The van der Waals surface area contributed by atoms with Crippen molar-refractivity contribution in [3.05, 3.63) is 34.4 Å². The zero-order valence-electron chi connectivity index (χ0n) is 13.7. The summed E-state index contributed by atoms with van der Waals surface area (Å²) in [6.45, 7) is 2.76. The van der Waals surface area contributed by atoms with Crippen molar-refractivity contribution in [2.75, 3.05) is 36.8 Å². The van der Waals surface area contributed by atoms with Crippen LogP contribution in [0, 0.1) is 5.41 Å². The topological polar surface area (TPSA) is 108 Å². The molecular weight excluding hydrogens is 417 g/mol. The Balaban J connectivity index is 0.00000243. The first-order valence-corrected chi connectivity index (χ1v) is 9.11. The van der Waals surface area contributed by atoms with Crippen molar-refractivity contribution >= 4 is 65.0 Å². The molecular formula is C15H18Cl3N7S. The molecule has 1 aliphatic rings. The van der Waals surface area contributed by atoms with Gasteiger partial charge in [-0.2, -0.15) is 0 Å². The Labute approximate surface area is 172 Å². The summed E-state index contributed by atoms with van der Waals surface area (Å²) in [6.07, 6.45) is 1.70. The van der Waals surface area contributed by atoms with Gasteiger partial charge in [-0.15, -0.1) is 12.4 Å². The van der Waals surface area contributed by atoms with Crippen molar-refractivity contribution in [1.29, 1.82) is 5.41 Å². The second-order valence-electron chi connectivity index (χ2n) is 5.43. The lowest BCUT2D eigenvalue weighted by Crippen LogP contribution is -2.51. The maximum absolute atomic E-state index is 7.47. The van der Waals surface area contributed by atoms with E-state index in [0.717, 1.165) is 4.90 Å². The van der Waals surface area contributed by atoms with Gasteiger partial charge in [-0.25, -0.2) is 9.97 Å². The molecule has 11 heteroatoms. The Morgan fingerprint density at radius 1 is 1.19 bits per heavy atom. The molecule has 7 nitrogen and oxygen atoms in total. The zero-order chi connectivity index (χ0) is 18.0. The lowest BCUT2D eigenvalue weighted by molar-refractivity contribution is 0.378. The number of piperazine rings is 1. The summed E-state index contributed by atoms with van der Waals surface area (Å²) in [5.41, 5.74) is 11.6. The molecule has 1 aromatic heterocycles. The van der Waals surface area contributed by atoms with E-state index in [4.69, 9.17) is 40.1 Å². The van der Waals surface area contributed by atoms with Crippen molar-refractivity contribution in [3.8, 4) is 0 Å². The van der Waals surface area contributed by atoms with Gasteiger partial charge in [0.15, 0.2) is 11.8 Å². The van der Waals surface area contributed by atoms with E-state index in [0.29, 0.717) is 52.9 Å². The third-order valence-corrected chi connectivity index (χ3v) is 5.82. The lowest BCUT2D eigenvalue weighted by atomic mass is 10.3. The lowest BCUT2D eigenvalue weighted by Gasteiger charge is -2.35. The number of hydrogen-bond donors (Lipinski definition) is 3. The highest BCUT2D eigenvalue weighted by Crippen LogP contribution is 2.38. The van der Waals surface area contributed by atoms with E-state index >= 15 is 0 Å². The van der Waals surface area contributed by atoms with Gasteiger partial charge in [0.1, 0.15) is 10.8 Å². The van der Waals surface area contributed by atoms with Crippen molar-refractivity contribution < 1.29 is 0 Å². The molecule has 0 bridgehead atoms. The Morgan fingerprint density at radius 3 is 2.50 bits per heavy atom. The van der Waals surface area contributed by atoms with Crippen molar-refractivity contribution in [2.24, 2.45) is 5.73 Å². The molecule has 0 aliphatic carbocycles. The fourth-order valence-corrected chi connectivity index (χ4v) is 3.74. The van der Waals surface area contributed by atoms with Crippen LogP contribution in [0.25, 0.3) is 0 Å². The summed E-state index contributed by atoms with van der Waals surface area (Å²) in [6, 6.07) is 5.41. The number of hydrogen-bond acceptors (Lipinski definition) is 6. The van der Waals surface area contributed by atoms with E-state index in [1.807, 2.05) is 17.0 Å². The van der Waals surface area contributed by atoms with Gasteiger partial charge in [0.25, 0.3) is 0 Å². The normalized spacial score (nSPS) is 14.1. The molecule has 0 saturated carbocycles. The monoisotopic (exact) mass is 433 g/mol. The predicted octanol–water partition coefficient (Wildman–Crippen LogP) is 2.95. The van der Waals surface area contributed by atoms with Crippen LogP contribution in [0.4, 0.5) is 11.6 Å². The Morgan fingerprint density at radius 2 is 1.88 bits per heavy atom. The summed E-state index contributed by atoms with van der Waals surface area (Å²) in [4.78, 5) is 13.5. The van der Waals surface area contributed by atoms with E-state index in [-0.39, 0.29) is 18.4 Å². The first-order valence-electron chi connectivity index (χ1n) is 7.54. The predicted molar refractivity (Wildman–Crippen MR) is 110 cm³/mol. The fourth-order valence-electron chi connectivity index (χ4n) is 2.46. The van der Waals surface area contributed by atoms with Crippen molar-refractivity contribution in [2.45, 2.75) is 9.92 Å². The average Bonchev–Trinajstić information content (AvgIpc) is 2.60. The number of rotatable bonds is 3. The Kier molecular flexibility index (Phi) is 7.05. The molecule has 2 aromatic rings. The number of nitrogens with one attached hydrogen (secondary N) is 1. The second-order valence-corrected chi connectivity index (χ2v) is 7.25. The van der Waals surface area contributed by atoms with Crippen LogP contribution in [0.3, 0.4) is 0 Å². The van der Waals surface area contributed by atoms with E-state index in [1.54, 1.807) is 12.3 Å². The standard InChI is InChI=1S/C15H17Cl2N7S.ClH/c16-9-2-1-3-10(12(9)17)25-14-13(18)22-11(8-21-14)23-4-6-24(7-5-23)15(19)20;/h1-3,8H,4-7H2,(H2,18,22)(H3,19,20);1H. The highest BCUT2D eigenvalue weighted by atomic mass is 35.5. The van der Waals surface area contributed by atoms with Crippen LogP contribution in [-0.2, 0) is 0 Å². The number of halogens is 3. The fraction of sp³-hybridized carbons (Fsp3) is 0.267. The Hall–Kier alpha value is -1.61. The largest absolute Gasteiger partial charge is 0.381 e. The Bertz CT molecular complexity index is 797. The van der Waals surface area contributed by atoms with Gasteiger partial charge in [-0.3, -0.25) is 5.41 Å². The molecule has 5 N–H and O–H groups in total. The molecule has 1 fully saturated rings. The molecule has 0 unspecified atom stereocenters. The van der Waals surface area contributed by atoms with Gasteiger partial charge in [-0.05, 0) is 12.1 Å². The molecule has 2 heterocycles. The molecule has 3 rings (SSSR count). The summed E-state index contributed by atoms with van der Waals surface area (Å²) in [5.74, 6) is 1.14. The first-order chi connectivity index (χ1) is 12.0. The van der Waals surface area contributed by atoms with Crippen LogP contribution in [-0.4, -0.2) is 47.0 Å². The molecule has 1 aromatic carbocycles. The van der Waals surface area contributed by atoms with E-state index in [2.05, 4.69) is 14.9 Å². The summed E-state index contributed by atoms with van der Waals surface area (Å²) in [5, 5.41) is 9.01. The smallest absolute Gasteiger partial charge is 0.188 e. The average molecular weight is 435 g/mol. The minimum atomic E-state index is 0. The van der Waals surface area contributed by atoms with Gasteiger partial charge in [-0.1, -0.05) is 41.0 Å². The van der Waals surface area contributed by atoms with Crippen molar-refractivity contribution in [3.63, 3.8) is 0 Å². The summed E-state index contributed by atoms with van der Waals surface area (Å²) < 4.78 is 0. The highest BCUT2D eigenvalue weighted by Gasteiger charge is 2.20. The molecule has 0 radical (unpaired) electrons. The number of nitrogens with two attached hydrogens (primary N) is 2. The van der Waals surface area contributed by atoms with Crippen LogP contribution < -0.4 is 16.4 Å². The van der Waals surface area contributed by atoms with Crippen LogP contribution in [0.2, 0.25) is 10.0 Å². The van der Waals surface area contributed by atoms with Crippen LogP contribution in [0.5, 0.6) is 0 Å². The third kappa shape index (κ3) is 4.56. The molecule has 1 saturated heterocycles. The summed E-state index contributed by atoms with van der Waals surface area (Å²) >= 11 is 13.6. The van der Waals surface area contributed by atoms with Crippen LogP contribution in [0.15, 0.2) is 34.3 Å². The molecule has 1 aliphatic heterocycles. The zero-order valence-corrected chi connectivity index (χ0v) is 16.8. The molecule has 0 spiro atoms. The number of nitrogens with zero attached hydrogens (tertiary/aromatic N) is 4. The number of benzene rings is 1. The maximum atomic E-state index is 7.47. The number of aromatic nitrogens is 2. The summed E-state index contributed by atoms with van der Waals surface area (Å²) in [7, 11) is 0. The second kappa shape index (κ2) is 8.85. The molecule has 0 atom stereocenters. The minimum Gasteiger partial charge on any atom is -0.381 e. The minimum absolute atomic E-state index is 0. The molecule has 26 heavy (non-hydrogen) atoms. The van der Waals surface area contributed by atoms with Gasteiger partial charge in [0.05, 0.1) is 16.2 Å². The van der Waals surface area contributed by atoms with Gasteiger partial charge < -0.3 is 21.3 Å². The van der Waals surface area contributed by atoms with Gasteiger partial charge in [0, 0.05) is 31.1 Å². The van der Waals surface area contributed by atoms with Crippen LogP contribution >= 0.6 is 47.4 Å². The first kappa shape index (κ1) is 20.7. The van der Waals surface area contributed by atoms with Gasteiger partial charge in [0.2, 0.25) is 0 Å². The number of anilines is 2. The van der Waals surface area contributed by atoms with E-state index in [1.165, 1.54) is 11.8 Å². The van der Waals surface area contributed by atoms with Crippen LogP contribution in [0.1, 0.15) is 0 Å². The quantitative estimate of drug-likeness (QED) is 0.503. The SMILES string of the molecule is Cl.N=C(N)N1CCN(c2cnc(Sc3cccc(Cl)c3Cl)c(N)n2)CC1. The third-order valence-electron chi connectivity index (χ3n) is 3.82. The van der Waals surface area contributed by atoms with E-state index in [9.17, 15) is 0 Å². The molecule has 0 amide bonds. The van der Waals surface area contributed by atoms with E-state index < -0.39 is 0 Å². The van der Waals surface area contributed by atoms with Crippen molar-refractivity contribution in [1.82, 2.24) is 14.9 Å².